The Bertz CT molecular complexity index is 471. The van der Waals surface area contributed by atoms with Crippen LogP contribution in [0.3, 0.4) is 0 Å². The minimum atomic E-state index is -0.383. The van der Waals surface area contributed by atoms with Crippen molar-refractivity contribution in [1.29, 1.82) is 0 Å². The molecule has 1 aromatic rings. The number of benzene rings is 1. The summed E-state index contributed by atoms with van der Waals surface area (Å²) in [4.78, 5) is 14.4. The van der Waals surface area contributed by atoms with Gasteiger partial charge in [-0.15, -0.1) is 0 Å². The molecule has 0 spiro atoms. The van der Waals surface area contributed by atoms with Crippen LogP contribution in [0.2, 0.25) is 0 Å². The molecule has 0 N–H and O–H groups in total. The zero-order valence-corrected chi connectivity index (χ0v) is 9.89. The van der Waals surface area contributed by atoms with Crippen molar-refractivity contribution >= 4 is 5.78 Å². The van der Waals surface area contributed by atoms with E-state index in [9.17, 15) is 9.18 Å². The highest BCUT2D eigenvalue weighted by Gasteiger charge is 2.34. The van der Waals surface area contributed by atoms with E-state index >= 15 is 0 Å². The molecule has 0 aromatic heterocycles. The maximum absolute atomic E-state index is 13.1. The van der Waals surface area contributed by atoms with Gasteiger partial charge in [-0.25, -0.2) is 4.39 Å². The number of hydrogen-bond donors (Lipinski definition) is 0. The topological polar surface area (TPSA) is 38.8 Å². The SMILES string of the molecule is O=C1c2ccc(F)cc2OCC1N1CCOCC1. The standard InChI is InChI=1S/C13H14FNO3/c14-9-1-2-10-12(7-9)18-8-11(13(10)16)15-3-5-17-6-4-15/h1-2,7,11H,3-6,8H2. The molecular formula is C13H14FNO3. The van der Waals surface area contributed by atoms with Crippen LogP contribution in [0.15, 0.2) is 18.2 Å². The Kier molecular flexibility index (Phi) is 3.01. The molecule has 4 nitrogen and oxygen atoms in total. The second kappa shape index (κ2) is 4.66. The highest BCUT2D eigenvalue weighted by molar-refractivity contribution is 6.03. The molecule has 96 valence electrons. The summed E-state index contributed by atoms with van der Waals surface area (Å²) >= 11 is 0. The number of Topliss-reactive ketones (excluding diaryl/α,β-unsaturated/α-hetero) is 1. The van der Waals surface area contributed by atoms with Crippen molar-refractivity contribution in [2.45, 2.75) is 6.04 Å². The first kappa shape index (κ1) is 11.6. The van der Waals surface area contributed by atoms with Crippen LogP contribution >= 0.6 is 0 Å². The molecule has 2 heterocycles. The highest BCUT2D eigenvalue weighted by atomic mass is 19.1. The molecule has 0 saturated carbocycles. The van der Waals surface area contributed by atoms with Crippen molar-refractivity contribution in [3.8, 4) is 5.75 Å². The van der Waals surface area contributed by atoms with Crippen LogP contribution in [-0.4, -0.2) is 49.6 Å². The van der Waals surface area contributed by atoms with E-state index in [1.165, 1.54) is 18.2 Å². The second-order valence-electron chi connectivity index (χ2n) is 4.48. The number of fused-ring (bicyclic) bond motifs is 1. The summed E-state index contributed by atoms with van der Waals surface area (Å²) in [6, 6.07) is 3.79. The second-order valence-corrected chi connectivity index (χ2v) is 4.48. The number of ether oxygens (including phenoxy) is 2. The summed E-state index contributed by atoms with van der Waals surface area (Å²) in [5, 5.41) is 0. The molecular weight excluding hydrogens is 237 g/mol. The zero-order chi connectivity index (χ0) is 12.5. The van der Waals surface area contributed by atoms with E-state index in [0.29, 0.717) is 24.5 Å². The van der Waals surface area contributed by atoms with E-state index in [1.54, 1.807) is 0 Å². The quantitative estimate of drug-likeness (QED) is 0.749. The van der Waals surface area contributed by atoms with Crippen LogP contribution in [0.25, 0.3) is 0 Å². The predicted octanol–water partition coefficient (Wildman–Crippen LogP) is 1.10. The number of hydrogen-bond acceptors (Lipinski definition) is 4. The van der Waals surface area contributed by atoms with E-state index in [2.05, 4.69) is 4.90 Å². The molecule has 1 atom stereocenters. The maximum atomic E-state index is 13.1. The van der Waals surface area contributed by atoms with Crippen molar-refractivity contribution in [2.75, 3.05) is 32.9 Å². The largest absolute Gasteiger partial charge is 0.491 e. The Morgan fingerprint density at radius 2 is 2.06 bits per heavy atom. The van der Waals surface area contributed by atoms with Gasteiger partial charge in [0.05, 0.1) is 18.8 Å². The Hall–Kier alpha value is -1.46. The predicted molar refractivity (Wildman–Crippen MR) is 62.4 cm³/mol. The summed E-state index contributed by atoms with van der Waals surface area (Å²) in [6.45, 7) is 3.03. The number of halogens is 1. The monoisotopic (exact) mass is 251 g/mol. The molecule has 2 aliphatic rings. The molecule has 0 bridgehead atoms. The lowest BCUT2D eigenvalue weighted by Gasteiger charge is -2.35. The van der Waals surface area contributed by atoms with Crippen molar-refractivity contribution in [2.24, 2.45) is 0 Å². The Labute approximate surface area is 104 Å². The van der Waals surface area contributed by atoms with Crippen LogP contribution in [0.5, 0.6) is 5.75 Å². The van der Waals surface area contributed by atoms with E-state index in [0.717, 1.165) is 13.1 Å². The molecule has 2 aliphatic heterocycles. The first-order valence-electron chi connectivity index (χ1n) is 6.04. The summed E-state index contributed by atoms with van der Waals surface area (Å²) in [6.07, 6.45) is 0. The van der Waals surface area contributed by atoms with Crippen molar-refractivity contribution in [1.82, 2.24) is 4.90 Å². The molecule has 18 heavy (non-hydrogen) atoms. The molecule has 1 aromatic carbocycles. The van der Waals surface area contributed by atoms with Gasteiger partial charge in [0, 0.05) is 19.2 Å². The zero-order valence-electron chi connectivity index (χ0n) is 9.89. The van der Waals surface area contributed by atoms with Gasteiger partial charge in [-0.2, -0.15) is 0 Å². The van der Waals surface area contributed by atoms with Gasteiger partial charge in [-0.1, -0.05) is 0 Å². The molecule has 0 amide bonds. The lowest BCUT2D eigenvalue weighted by molar-refractivity contribution is 0.00594. The molecule has 0 aliphatic carbocycles. The first-order valence-corrected chi connectivity index (χ1v) is 6.04. The van der Waals surface area contributed by atoms with Crippen LogP contribution < -0.4 is 4.74 Å². The van der Waals surface area contributed by atoms with E-state index in [-0.39, 0.29) is 24.2 Å². The molecule has 0 radical (unpaired) electrons. The normalized spacial score (nSPS) is 24.5. The Balaban J connectivity index is 1.84. The fourth-order valence-electron chi connectivity index (χ4n) is 2.40. The van der Waals surface area contributed by atoms with Gasteiger partial charge in [0.2, 0.25) is 0 Å². The average Bonchev–Trinajstić information content (AvgIpc) is 2.40. The van der Waals surface area contributed by atoms with Gasteiger partial charge < -0.3 is 9.47 Å². The number of ketones is 1. The summed E-state index contributed by atoms with van der Waals surface area (Å²) in [5.41, 5.74) is 0.471. The number of morpholine rings is 1. The van der Waals surface area contributed by atoms with Gasteiger partial charge in [0.1, 0.15) is 24.2 Å². The highest BCUT2D eigenvalue weighted by Crippen LogP contribution is 2.27. The molecule has 1 saturated heterocycles. The number of nitrogens with zero attached hydrogens (tertiary/aromatic N) is 1. The molecule has 1 unspecified atom stereocenters. The molecule has 5 heteroatoms. The Morgan fingerprint density at radius 1 is 1.28 bits per heavy atom. The Morgan fingerprint density at radius 3 is 2.83 bits per heavy atom. The average molecular weight is 251 g/mol. The molecule has 3 rings (SSSR count). The third-order valence-electron chi connectivity index (χ3n) is 3.39. The van der Waals surface area contributed by atoms with Gasteiger partial charge in [0.25, 0.3) is 0 Å². The molecule has 1 fully saturated rings. The van der Waals surface area contributed by atoms with E-state index in [4.69, 9.17) is 9.47 Å². The lowest BCUT2D eigenvalue weighted by atomic mass is 9.99. The summed E-state index contributed by atoms with van der Waals surface area (Å²) in [7, 11) is 0. The van der Waals surface area contributed by atoms with Crippen LogP contribution in [0.4, 0.5) is 4.39 Å². The first-order chi connectivity index (χ1) is 8.75. The van der Waals surface area contributed by atoms with Gasteiger partial charge in [-0.3, -0.25) is 9.69 Å². The van der Waals surface area contributed by atoms with E-state index < -0.39 is 0 Å². The third-order valence-corrected chi connectivity index (χ3v) is 3.39. The minimum absolute atomic E-state index is 0.0122. The fraction of sp³-hybridized carbons (Fsp3) is 0.462. The van der Waals surface area contributed by atoms with Gasteiger partial charge in [0.15, 0.2) is 5.78 Å². The fourth-order valence-corrected chi connectivity index (χ4v) is 2.40. The minimum Gasteiger partial charge on any atom is -0.491 e. The summed E-state index contributed by atoms with van der Waals surface area (Å²) < 4.78 is 23.8. The van der Waals surface area contributed by atoms with Crippen LogP contribution in [0, 0.1) is 5.82 Å². The smallest absolute Gasteiger partial charge is 0.187 e. The summed E-state index contributed by atoms with van der Waals surface area (Å²) in [5.74, 6) is -0.0194. The number of carbonyl (C=O) groups is 1. The maximum Gasteiger partial charge on any atom is 0.187 e. The number of carbonyl (C=O) groups excluding carboxylic acids is 1. The number of rotatable bonds is 1. The van der Waals surface area contributed by atoms with Gasteiger partial charge in [-0.05, 0) is 12.1 Å². The van der Waals surface area contributed by atoms with Crippen LogP contribution in [0.1, 0.15) is 10.4 Å². The van der Waals surface area contributed by atoms with Gasteiger partial charge >= 0.3 is 0 Å². The van der Waals surface area contributed by atoms with Crippen LogP contribution in [-0.2, 0) is 4.74 Å². The van der Waals surface area contributed by atoms with E-state index in [1.807, 2.05) is 0 Å². The van der Waals surface area contributed by atoms with Crippen molar-refractivity contribution in [3.63, 3.8) is 0 Å². The third kappa shape index (κ3) is 2.00. The van der Waals surface area contributed by atoms with Crippen molar-refractivity contribution < 1.29 is 18.7 Å². The van der Waals surface area contributed by atoms with Crippen molar-refractivity contribution in [3.05, 3.63) is 29.6 Å². The lowest BCUT2D eigenvalue weighted by Crippen LogP contribution is -2.51.